The Morgan fingerprint density at radius 3 is 2.23 bits per heavy atom. The highest BCUT2D eigenvalue weighted by Gasteiger charge is 2.19. The topological polar surface area (TPSA) is 3.88 Å². The molecule has 0 aliphatic carbocycles. The van der Waals surface area contributed by atoms with Crippen molar-refractivity contribution in [3.8, 4) is 11.3 Å². The van der Waals surface area contributed by atoms with E-state index in [1.807, 2.05) is 0 Å². The lowest BCUT2D eigenvalue weighted by molar-refractivity contribution is -0.633. The molecule has 0 amide bonds. The van der Waals surface area contributed by atoms with Crippen molar-refractivity contribution in [2.75, 3.05) is 0 Å². The van der Waals surface area contributed by atoms with Crippen LogP contribution in [-0.2, 0) is 7.05 Å². The van der Waals surface area contributed by atoms with Crippen LogP contribution < -0.4 is 4.57 Å². The fourth-order valence-corrected chi connectivity index (χ4v) is 3.51. The van der Waals surface area contributed by atoms with Gasteiger partial charge in [0.15, 0.2) is 0 Å². The van der Waals surface area contributed by atoms with Crippen LogP contribution >= 0.6 is 0 Å². The molecule has 3 rings (SSSR count). The van der Waals surface area contributed by atoms with Crippen molar-refractivity contribution in [3.63, 3.8) is 0 Å². The van der Waals surface area contributed by atoms with E-state index in [2.05, 4.69) is 82.6 Å². The fraction of sp³-hybridized carbons (Fsp3) is 0.286. The Hall–Kier alpha value is -2.15. The van der Waals surface area contributed by atoms with Gasteiger partial charge in [0.25, 0.3) is 0 Å². The van der Waals surface area contributed by atoms with Crippen molar-refractivity contribution in [3.05, 3.63) is 64.2 Å². The van der Waals surface area contributed by atoms with Gasteiger partial charge in [0.2, 0.25) is 11.2 Å². The number of hydrogen-bond donors (Lipinski definition) is 0. The number of fused-ring (bicyclic) bond motifs is 1. The normalized spacial score (nSPS) is 11.2. The van der Waals surface area contributed by atoms with Gasteiger partial charge in [-0.05, 0) is 62.9 Å². The zero-order valence-electron chi connectivity index (χ0n) is 14.4. The highest BCUT2D eigenvalue weighted by Crippen LogP contribution is 2.29. The first kappa shape index (κ1) is 14.8. The fourth-order valence-electron chi connectivity index (χ4n) is 3.51. The minimum absolute atomic E-state index is 1.29. The van der Waals surface area contributed by atoms with Gasteiger partial charge in [-0.25, -0.2) is 0 Å². The van der Waals surface area contributed by atoms with E-state index in [1.54, 1.807) is 0 Å². The average Bonchev–Trinajstić information content (AvgIpc) is 2.46. The summed E-state index contributed by atoms with van der Waals surface area (Å²) in [6, 6.07) is 13.5. The number of pyridine rings is 1. The van der Waals surface area contributed by atoms with E-state index in [0.29, 0.717) is 0 Å². The van der Waals surface area contributed by atoms with Gasteiger partial charge in [-0.3, -0.25) is 0 Å². The van der Waals surface area contributed by atoms with E-state index in [4.69, 9.17) is 0 Å². The third-order valence-electron chi connectivity index (χ3n) is 4.81. The van der Waals surface area contributed by atoms with Crippen LogP contribution in [0.2, 0.25) is 0 Å². The molecule has 0 bridgehead atoms. The molecule has 0 atom stereocenters. The number of hydrogen-bond acceptors (Lipinski definition) is 0. The number of rotatable bonds is 1. The minimum atomic E-state index is 1.29. The summed E-state index contributed by atoms with van der Waals surface area (Å²) in [4.78, 5) is 0. The number of benzene rings is 2. The van der Waals surface area contributed by atoms with Gasteiger partial charge in [-0.2, -0.15) is 4.57 Å². The summed E-state index contributed by atoms with van der Waals surface area (Å²) in [6.07, 6.45) is 0. The molecule has 0 radical (unpaired) electrons. The summed E-state index contributed by atoms with van der Waals surface area (Å²) in [7, 11) is 2.17. The molecule has 2 aromatic carbocycles. The molecule has 0 aliphatic heterocycles. The number of aromatic nitrogens is 1. The molecule has 1 nitrogen and oxygen atoms in total. The maximum absolute atomic E-state index is 2.33. The average molecular weight is 290 g/mol. The zero-order chi connectivity index (χ0) is 16.0. The molecule has 0 saturated carbocycles. The highest BCUT2D eigenvalue weighted by molar-refractivity contribution is 5.84. The summed E-state index contributed by atoms with van der Waals surface area (Å²) in [5.74, 6) is 0. The molecule has 0 unspecified atom stereocenters. The monoisotopic (exact) mass is 290 g/mol. The Morgan fingerprint density at radius 1 is 0.773 bits per heavy atom. The van der Waals surface area contributed by atoms with Gasteiger partial charge in [0.05, 0.1) is 5.39 Å². The van der Waals surface area contributed by atoms with E-state index in [1.165, 1.54) is 50.0 Å². The molecule has 1 aromatic heterocycles. The van der Waals surface area contributed by atoms with E-state index in [0.717, 1.165) is 0 Å². The molecule has 0 spiro atoms. The molecular weight excluding hydrogens is 266 g/mol. The molecule has 112 valence electrons. The molecule has 0 N–H and O–H groups in total. The van der Waals surface area contributed by atoms with Crippen LogP contribution in [0.5, 0.6) is 0 Å². The SMILES string of the molecule is Cc1cc(C)c(C)c(-c2cc(C)c3c(C)cccc3[n+]2C)c1. The molecule has 22 heavy (non-hydrogen) atoms. The van der Waals surface area contributed by atoms with Crippen molar-refractivity contribution in [1.29, 1.82) is 0 Å². The van der Waals surface area contributed by atoms with Crippen molar-refractivity contribution in [2.24, 2.45) is 7.05 Å². The lowest BCUT2D eigenvalue weighted by atomic mass is 9.95. The first-order valence-corrected chi connectivity index (χ1v) is 7.87. The second-order valence-electron chi connectivity index (χ2n) is 6.50. The number of aryl methyl sites for hydroxylation is 5. The van der Waals surface area contributed by atoms with Crippen molar-refractivity contribution in [1.82, 2.24) is 0 Å². The van der Waals surface area contributed by atoms with Crippen LogP contribution in [0.25, 0.3) is 22.2 Å². The van der Waals surface area contributed by atoms with E-state index in [-0.39, 0.29) is 0 Å². The third kappa shape index (κ3) is 2.21. The van der Waals surface area contributed by atoms with Crippen LogP contribution in [0.1, 0.15) is 27.8 Å². The van der Waals surface area contributed by atoms with Crippen LogP contribution in [0.4, 0.5) is 0 Å². The van der Waals surface area contributed by atoms with Gasteiger partial charge < -0.3 is 0 Å². The maximum atomic E-state index is 2.33. The predicted molar refractivity (Wildman–Crippen MR) is 94.2 cm³/mol. The van der Waals surface area contributed by atoms with Crippen LogP contribution in [0.3, 0.4) is 0 Å². The van der Waals surface area contributed by atoms with Gasteiger partial charge in [0.1, 0.15) is 7.05 Å². The lowest BCUT2D eigenvalue weighted by Gasteiger charge is -2.12. The van der Waals surface area contributed by atoms with E-state index < -0.39 is 0 Å². The van der Waals surface area contributed by atoms with Crippen LogP contribution in [0, 0.1) is 34.6 Å². The quantitative estimate of drug-likeness (QED) is 0.563. The summed E-state index contributed by atoms with van der Waals surface area (Å²) in [5.41, 5.74) is 10.7. The van der Waals surface area contributed by atoms with Crippen LogP contribution in [0.15, 0.2) is 36.4 Å². The summed E-state index contributed by atoms with van der Waals surface area (Å²) < 4.78 is 2.33. The smallest absolute Gasteiger partial charge is 0.194 e. The number of nitrogens with zero attached hydrogens (tertiary/aromatic N) is 1. The molecule has 0 aliphatic rings. The zero-order valence-corrected chi connectivity index (χ0v) is 14.4. The Labute approximate surface area is 133 Å². The van der Waals surface area contributed by atoms with Crippen molar-refractivity contribution in [2.45, 2.75) is 34.6 Å². The summed E-state index contributed by atoms with van der Waals surface area (Å²) in [6.45, 7) is 11.0. The standard InChI is InChI=1S/C21H24N/c1-13-10-15(3)17(5)18(11-13)20-12-16(4)21-14(2)8-7-9-19(21)22(20)6/h7-12H,1-6H3/q+1. The molecule has 3 aromatic rings. The summed E-state index contributed by atoms with van der Waals surface area (Å²) in [5, 5.41) is 1.37. The van der Waals surface area contributed by atoms with Gasteiger partial charge in [-0.1, -0.05) is 23.8 Å². The Balaban J connectivity index is 2.41. The Bertz CT molecular complexity index is 888. The Morgan fingerprint density at radius 2 is 1.50 bits per heavy atom. The van der Waals surface area contributed by atoms with Gasteiger partial charge >= 0.3 is 0 Å². The first-order valence-electron chi connectivity index (χ1n) is 7.87. The summed E-state index contributed by atoms with van der Waals surface area (Å²) >= 11 is 0. The molecular formula is C21H24N+. The van der Waals surface area contributed by atoms with E-state index >= 15 is 0 Å². The maximum Gasteiger partial charge on any atom is 0.213 e. The first-order chi connectivity index (χ1) is 10.4. The third-order valence-corrected chi connectivity index (χ3v) is 4.81. The molecule has 1 heteroatoms. The molecule has 0 saturated heterocycles. The van der Waals surface area contributed by atoms with Crippen LogP contribution in [-0.4, -0.2) is 0 Å². The van der Waals surface area contributed by atoms with Gasteiger partial charge in [0, 0.05) is 17.7 Å². The highest BCUT2D eigenvalue weighted by atomic mass is 14.9. The lowest BCUT2D eigenvalue weighted by Crippen LogP contribution is -2.32. The van der Waals surface area contributed by atoms with Crippen molar-refractivity contribution < 1.29 is 4.57 Å². The Kier molecular flexibility index (Phi) is 3.52. The second-order valence-corrected chi connectivity index (χ2v) is 6.50. The van der Waals surface area contributed by atoms with E-state index in [9.17, 15) is 0 Å². The molecule has 1 heterocycles. The minimum Gasteiger partial charge on any atom is -0.194 e. The predicted octanol–water partition coefficient (Wildman–Crippen LogP) is 4.87. The molecule has 0 fully saturated rings. The van der Waals surface area contributed by atoms with Crippen molar-refractivity contribution >= 4 is 10.9 Å². The second kappa shape index (κ2) is 5.24. The van der Waals surface area contributed by atoms with Gasteiger partial charge in [-0.15, -0.1) is 0 Å². The largest absolute Gasteiger partial charge is 0.213 e.